The molecule has 0 fully saturated rings. The second-order valence-corrected chi connectivity index (χ2v) is 4.44. The molecule has 0 aliphatic heterocycles. The van der Waals surface area contributed by atoms with Crippen LogP contribution in [0.1, 0.15) is 16.1 Å². The Balaban J connectivity index is 2.31. The molecule has 0 atom stereocenters. The van der Waals surface area contributed by atoms with Gasteiger partial charge in [0.1, 0.15) is 16.1 Å². The molecule has 0 N–H and O–H groups in total. The number of carbonyl (C=O) groups excluding carboxylic acids is 1. The molecule has 0 unspecified atom stereocenters. The Morgan fingerprint density at radius 1 is 1.50 bits per heavy atom. The third-order valence-corrected chi connectivity index (χ3v) is 2.75. The van der Waals surface area contributed by atoms with Crippen LogP contribution in [0, 0.1) is 5.82 Å². The third-order valence-electron chi connectivity index (χ3n) is 2.37. The number of aromatic nitrogens is 2. The third kappa shape index (κ3) is 2.76. The number of esters is 1. The Bertz CT molecular complexity index is 583. The molecule has 1 heterocycles. The van der Waals surface area contributed by atoms with Crippen molar-refractivity contribution in [2.45, 2.75) is 6.54 Å². The molecular formula is C12H10BrFN2O2. The van der Waals surface area contributed by atoms with E-state index in [1.807, 2.05) is 0 Å². The smallest absolute Gasteiger partial charge is 0.356 e. The van der Waals surface area contributed by atoms with E-state index in [0.717, 1.165) is 5.56 Å². The molecule has 2 aromatic rings. The van der Waals surface area contributed by atoms with Crippen molar-refractivity contribution in [1.29, 1.82) is 0 Å². The predicted molar refractivity (Wildman–Crippen MR) is 66.8 cm³/mol. The summed E-state index contributed by atoms with van der Waals surface area (Å²) in [4.78, 5) is 11.5. The standard InChI is InChI=1S/C12H10BrFN2O2/c1-18-12(17)10-6-11(13)15-16(10)7-8-3-2-4-9(14)5-8/h2-6H,7H2,1H3. The normalized spacial score (nSPS) is 10.4. The van der Waals surface area contributed by atoms with Gasteiger partial charge in [0, 0.05) is 6.07 Å². The molecule has 0 aliphatic carbocycles. The molecule has 2 rings (SSSR count). The van der Waals surface area contributed by atoms with E-state index >= 15 is 0 Å². The fourth-order valence-corrected chi connectivity index (χ4v) is 1.99. The number of carbonyl (C=O) groups is 1. The van der Waals surface area contributed by atoms with E-state index in [2.05, 4.69) is 25.8 Å². The van der Waals surface area contributed by atoms with Crippen molar-refractivity contribution in [1.82, 2.24) is 9.78 Å². The molecule has 18 heavy (non-hydrogen) atoms. The van der Waals surface area contributed by atoms with Crippen molar-refractivity contribution in [3.8, 4) is 0 Å². The van der Waals surface area contributed by atoms with Crippen LogP contribution < -0.4 is 0 Å². The first kappa shape index (κ1) is 12.8. The number of ether oxygens (including phenoxy) is 1. The Hall–Kier alpha value is -1.69. The van der Waals surface area contributed by atoms with Gasteiger partial charge in [-0.1, -0.05) is 12.1 Å². The Kier molecular flexibility index (Phi) is 3.76. The number of benzene rings is 1. The van der Waals surface area contributed by atoms with Crippen molar-refractivity contribution >= 4 is 21.9 Å². The summed E-state index contributed by atoms with van der Waals surface area (Å²) >= 11 is 3.19. The number of methoxy groups -OCH3 is 1. The van der Waals surface area contributed by atoms with E-state index in [1.165, 1.54) is 23.9 Å². The zero-order valence-electron chi connectivity index (χ0n) is 9.56. The van der Waals surface area contributed by atoms with Gasteiger partial charge >= 0.3 is 5.97 Å². The minimum atomic E-state index is -0.482. The summed E-state index contributed by atoms with van der Waals surface area (Å²) in [5, 5.41) is 4.11. The summed E-state index contributed by atoms with van der Waals surface area (Å²) in [6.45, 7) is 0.299. The molecule has 4 nitrogen and oxygen atoms in total. The summed E-state index contributed by atoms with van der Waals surface area (Å²) in [6, 6.07) is 7.70. The SMILES string of the molecule is COC(=O)c1cc(Br)nn1Cc1cccc(F)c1. The maximum Gasteiger partial charge on any atom is 0.356 e. The molecule has 0 bridgehead atoms. The highest BCUT2D eigenvalue weighted by Crippen LogP contribution is 2.14. The number of rotatable bonds is 3. The first-order chi connectivity index (χ1) is 8.60. The number of hydrogen-bond acceptors (Lipinski definition) is 3. The highest BCUT2D eigenvalue weighted by Gasteiger charge is 2.15. The van der Waals surface area contributed by atoms with E-state index in [1.54, 1.807) is 18.2 Å². The highest BCUT2D eigenvalue weighted by atomic mass is 79.9. The van der Waals surface area contributed by atoms with Gasteiger partial charge in [-0.3, -0.25) is 4.68 Å². The first-order valence-corrected chi connectivity index (χ1v) is 5.95. The van der Waals surface area contributed by atoms with E-state index in [0.29, 0.717) is 16.8 Å². The molecule has 0 saturated carbocycles. The fraction of sp³-hybridized carbons (Fsp3) is 0.167. The van der Waals surface area contributed by atoms with Crippen LogP contribution >= 0.6 is 15.9 Å². The van der Waals surface area contributed by atoms with Gasteiger partial charge in [-0.2, -0.15) is 5.10 Å². The average Bonchev–Trinajstić information content (AvgIpc) is 2.69. The number of halogens is 2. The van der Waals surface area contributed by atoms with Gasteiger partial charge in [0.2, 0.25) is 0 Å². The van der Waals surface area contributed by atoms with Crippen molar-refractivity contribution in [3.63, 3.8) is 0 Å². The number of nitrogens with zero attached hydrogens (tertiary/aromatic N) is 2. The Morgan fingerprint density at radius 3 is 2.94 bits per heavy atom. The first-order valence-electron chi connectivity index (χ1n) is 5.16. The second-order valence-electron chi connectivity index (χ2n) is 3.63. The zero-order chi connectivity index (χ0) is 13.1. The predicted octanol–water partition coefficient (Wildman–Crippen LogP) is 2.62. The van der Waals surface area contributed by atoms with Gasteiger partial charge in [-0.05, 0) is 33.6 Å². The van der Waals surface area contributed by atoms with Crippen molar-refractivity contribution in [2.24, 2.45) is 0 Å². The minimum Gasteiger partial charge on any atom is -0.464 e. The van der Waals surface area contributed by atoms with Gasteiger partial charge in [0.25, 0.3) is 0 Å². The zero-order valence-corrected chi connectivity index (χ0v) is 11.1. The lowest BCUT2D eigenvalue weighted by molar-refractivity contribution is 0.0587. The lowest BCUT2D eigenvalue weighted by atomic mass is 10.2. The lowest BCUT2D eigenvalue weighted by Gasteiger charge is -2.06. The van der Waals surface area contributed by atoms with E-state index < -0.39 is 5.97 Å². The van der Waals surface area contributed by atoms with Crippen LogP contribution in [0.25, 0.3) is 0 Å². The summed E-state index contributed by atoms with van der Waals surface area (Å²) in [7, 11) is 1.30. The summed E-state index contributed by atoms with van der Waals surface area (Å²) in [6.07, 6.45) is 0. The second kappa shape index (κ2) is 5.30. The van der Waals surface area contributed by atoms with Crippen LogP contribution in [-0.4, -0.2) is 22.9 Å². The Labute approximate surface area is 111 Å². The molecule has 0 saturated heterocycles. The molecular weight excluding hydrogens is 303 g/mol. The monoisotopic (exact) mass is 312 g/mol. The van der Waals surface area contributed by atoms with Crippen molar-refractivity contribution in [2.75, 3.05) is 7.11 Å². The molecule has 6 heteroatoms. The summed E-state index contributed by atoms with van der Waals surface area (Å²) in [5.74, 6) is -0.803. The van der Waals surface area contributed by atoms with Gasteiger partial charge in [-0.15, -0.1) is 0 Å². The lowest BCUT2D eigenvalue weighted by Crippen LogP contribution is -2.12. The van der Waals surface area contributed by atoms with Crippen LogP contribution in [0.5, 0.6) is 0 Å². The summed E-state index contributed by atoms with van der Waals surface area (Å²) in [5.41, 5.74) is 1.03. The topological polar surface area (TPSA) is 44.1 Å². The molecule has 0 aliphatic rings. The summed E-state index contributed by atoms with van der Waals surface area (Å²) < 4.78 is 19.7. The molecule has 1 aromatic heterocycles. The van der Waals surface area contributed by atoms with Crippen LogP contribution in [0.2, 0.25) is 0 Å². The van der Waals surface area contributed by atoms with E-state index in [-0.39, 0.29) is 5.82 Å². The van der Waals surface area contributed by atoms with Crippen LogP contribution in [-0.2, 0) is 11.3 Å². The molecule has 0 spiro atoms. The average molecular weight is 313 g/mol. The van der Waals surface area contributed by atoms with Crippen molar-refractivity contribution < 1.29 is 13.9 Å². The van der Waals surface area contributed by atoms with Crippen molar-refractivity contribution in [3.05, 3.63) is 52.0 Å². The van der Waals surface area contributed by atoms with Crippen LogP contribution in [0.4, 0.5) is 4.39 Å². The largest absolute Gasteiger partial charge is 0.464 e. The van der Waals surface area contributed by atoms with E-state index in [9.17, 15) is 9.18 Å². The van der Waals surface area contributed by atoms with E-state index in [4.69, 9.17) is 0 Å². The molecule has 0 radical (unpaired) electrons. The maximum atomic E-state index is 13.1. The maximum absolute atomic E-state index is 13.1. The molecule has 1 aromatic carbocycles. The quantitative estimate of drug-likeness (QED) is 0.818. The molecule has 0 amide bonds. The minimum absolute atomic E-state index is 0.299. The van der Waals surface area contributed by atoms with Gasteiger partial charge in [0.05, 0.1) is 13.7 Å². The van der Waals surface area contributed by atoms with Gasteiger partial charge in [0.15, 0.2) is 0 Å². The van der Waals surface area contributed by atoms with Crippen LogP contribution in [0.15, 0.2) is 34.9 Å². The Morgan fingerprint density at radius 2 is 2.28 bits per heavy atom. The van der Waals surface area contributed by atoms with Gasteiger partial charge in [-0.25, -0.2) is 9.18 Å². The van der Waals surface area contributed by atoms with Gasteiger partial charge < -0.3 is 4.74 Å². The van der Waals surface area contributed by atoms with Crippen LogP contribution in [0.3, 0.4) is 0 Å². The number of hydrogen-bond donors (Lipinski definition) is 0. The molecule has 94 valence electrons. The highest BCUT2D eigenvalue weighted by molar-refractivity contribution is 9.10. The fourth-order valence-electron chi connectivity index (χ4n) is 1.58.